The standard InChI is InChI=1S/C50H52ClN7O6/c1-48(2)46(49(3,4)47(48)64-34-14-10-31(23-52)38(51)22-34)57-25-39-36(43(57)61)15-12-32(53-39)11-9-29-5-7-30(8-6-29)24-55-26-50(27-55)19-20-56(28-50)33-13-16-35-37(21-33)45(63)58(44(35)62)40-17-18-41(59)54-42(40)60/h10,12-16,21-22,29-30,40,46-47H,5-8,17-20,24-28H2,1-4H3,(H,54,59,60). The van der Waals surface area contributed by atoms with Crippen LogP contribution in [0.2, 0.25) is 5.02 Å². The molecule has 1 spiro atoms. The second-order valence-corrected chi connectivity index (χ2v) is 20.8. The van der Waals surface area contributed by atoms with E-state index in [2.05, 4.69) is 60.7 Å². The molecule has 0 bridgehead atoms. The topological polar surface area (TPSA) is 156 Å². The number of benzene rings is 2. The second-order valence-electron chi connectivity index (χ2n) is 20.4. The number of hydrogen-bond acceptors (Lipinski definition) is 10. The minimum atomic E-state index is -0.970. The maximum atomic E-state index is 13.8. The van der Waals surface area contributed by atoms with Gasteiger partial charge in [-0.15, -0.1) is 0 Å². The van der Waals surface area contributed by atoms with Crippen molar-refractivity contribution in [3.8, 4) is 23.7 Å². The summed E-state index contributed by atoms with van der Waals surface area (Å²) >= 11 is 6.30. The molecule has 64 heavy (non-hydrogen) atoms. The molecule has 3 saturated heterocycles. The Morgan fingerprint density at radius 3 is 2.31 bits per heavy atom. The predicted molar refractivity (Wildman–Crippen MR) is 237 cm³/mol. The summed E-state index contributed by atoms with van der Waals surface area (Å²) in [6.07, 6.45) is 5.53. The zero-order valence-electron chi connectivity index (χ0n) is 36.7. The van der Waals surface area contributed by atoms with Gasteiger partial charge in [-0.25, -0.2) is 4.98 Å². The van der Waals surface area contributed by atoms with Gasteiger partial charge < -0.3 is 19.4 Å². The van der Waals surface area contributed by atoms with Crippen LogP contribution in [0.4, 0.5) is 5.69 Å². The van der Waals surface area contributed by atoms with E-state index in [1.807, 2.05) is 23.1 Å². The summed E-state index contributed by atoms with van der Waals surface area (Å²) in [5, 5.41) is 11.9. The van der Waals surface area contributed by atoms with E-state index in [9.17, 15) is 29.2 Å². The Labute approximate surface area is 378 Å². The SMILES string of the molecule is CC1(C)C(Oc2ccc(C#N)c(Cl)c2)C(C)(C)C1N1Cc2nc(C#CC3CCC(CN4CC5(CCN(c6ccc7c(c6)C(=O)N(C6CCC(=O)NC6=O)C7=O)C5)C4)CC3)ccc2C1=O. The number of nitriles is 1. The zero-order valence-corrected chi connectivity index (χ0v) is 37.5. The van der Waals surface area contributed by atoms with Crippen molar-refractivity contribution in [1.29, 1.82) is 5.26 Å². The van der Waals surface area contributed by atoms with Gasteiger partial charge in [-0.2, -0.15) is 5.26 Å². The Balaban J connectivity index is 0.693. The van der Waals surface area contributed by atoms with E-state index in [4.69, 9.17) is 21.3 Å². The lowest BCUT2D eigenvalue weighted by Gasteiger charge is -2.65. The number of nitrogens with zero attached hydrogens (tertiary/aromatic N) is 6. The number of ether oxygens (including phenoxy) is 1. The smallest absolute Gasteiger partial charge is 0.262 e. The minimum Gasteiger partial charge on any atom is -0.489 e. The minimum absolute atomic E-state index is 0.0122. The van der Waals surface area contributed by atoms with Crippen LogP contribution in [0.1, 0.15) is 121 Å². The highest BCUT2D eigenvalue weighted by Crippen LogP contribution is 2.59. The fourth-order valence-corrected chi connectivity index (χ4v) is 12.8. The number of rotatable bonds is 7. The molecule has 10 rings (SSSR count). The number of piperidine rings is 1. The summed E-state index contributed by atoms with van der Waals surface area (Å²) in [7, 11) is 0. The van der Waals surface area contributed by atoms with Gasteiger partial charge in [0.05, 0.1) is 39.5 Å². The molecule has 5 aliphatic heterocycles. The Hall–Kier alpha value is -5.76. The number of carbonyl (C=O) groups is 5. The van der Waals surface area contributed by atoms with Crippen molar-refractivity contribution in [2.24, 2.45) is 28.1 Å². The summed E-state index contributed by atoms with van der Waals surface area (Å²) in [6, 6.07) is 15.3. The maximum Gasteiger partial charge on any atom is 0.262 e. The van der Waals surface area contributed by atoms with Crippen LogP contribution in [0.25, 0.3) is 0 Å². The number of imide groups is 2. The van der Waals surface area contributed by atoms with Gasteiger partial charge in [-0.1, -0.05) is 45.2 Å². The van der Waals surface area contributed by atoms with E-state index in [0.29, 0.717) is 57.1 Å². The Morgan fingerprint density at radius 1 is 0.859 bits per heavy atom. The first-order valence-corrected chi connectivity index (χ1v) is 22.9. The van der Waals surface area contributed by atoms with E-state index < -0.39 is 23.8 Å². The van der Waals surface area contributed by atoms with Crippen LogP contribution in [-0.4, -0.2) is 100 Å². The summed E-state index contributed by atoms with van der Waals surface area (Å²) in [5.41, 5.74) is 3.55. The van der Waals surface area contributed by atoms with E-state index in [1.165, 1.54) is 0 Å². The number of amides is 5. The molecule has 2 aliphatic carbocycles. The lowest BCUT2D eigenvalue weighted by molar-refractivity contribution is -0.199. The number of anilines is 1. The number of hydrogen-bond donors (Lipinski definition) is 1. The van der Waals surface area contributed by atoms with E-state index in [1.54, 1.807) is 30.3 Å². The zero-order chi connectivity index (χ0) is 44.9. The normalized spacial score (nSPS) is 27.6. The molecular weight excluding hydrogens is 830 g/mol. The van der Waals surface area contributed by atoms with E-state index in [0.717, 1.165) is 81.1 Å². The molecule has 1 aromatic heterocycles. The molecule has 5 amide bonds. The van der Waals surface area contributed by atoms with Crippen LogP contribution in [-0.2, 0) is 16.1 Å². The van der Waals surface area contributed by atoms with Crippen molar-refractivity contribution in [3.05, 3.63) is 87.2 Å². The van der Waals surface area contributed by atoms with Crippen LogP contribution in [0.15, 0.2) is 48.5 Å². The van der Waals surface area contributed by atoms with Crippen molar-refractivity contribution >= 4 is 46.8 Å². The Kier molecular flexibility index (Phi) is 10.2. The molecule has 1 N–H and O–H groups in total. The molecule has 1 unspecified atom stereocenters. The lowest BCUT2D eigenvalue weighted by Crippen LogP contribution is -2.74. The fourth-order valence-electron chi connectivity index (χ4n) is 12.6. The highest BCUT2D eigenvalue weighted by atomic mass is 35.5. The van der Waals surface area contributed by atoms with Gasteiger partial charge in [-0.05, 0) is 92.8 Å². The lowest BCUT2D eigenvalue weighted by atomic mass is 9.49. The van der Waals surface area contributed by atoms with Crippen molar-refractivity contribution < 1.29 is 28.7 Å². The first-order valence-electron chi connectivity index (χ1n) is 22.6. The van der Waals surface area contributed by atoms with Gasteiger partial charge in [0, 0.05) is 79.1 Å². The van der Waals surface area contributed by atoms with Crippen molar-refractivity contribution in [2.45, 2.75) is 97.4 Å². The largest absolute Gasteiger partial charge is 0.489 e. The molecule has 1 atom stereocenters. The summed E-state index contributed by atoms with van der Waals surface area (Å²) in [4.78, 5) is 77.4. The fraction of sp³-hybridized carbons (Fsp3) is 0.500. The molecule has 6 heterocycles. The number of halogens is 1. The van der Waals surface area contributed by atoms with Crippen LogP contribution in [0, 0.1) is 51.3 Å². The van der Waals surface area contributed by atoms with Crippen LogP contribution < -0.4 is 15.0 Å². The van der Waals surface area contributed by atoms with Crippen molar-refractivity contribution in [2.75, 3.05) is 37.6 Å². The van der Waals surface area contributed by atoms with E-state index >= 15 is 0 Å². The van der Waals surface area contributed by atoms with Gasteiger partial charge in [0.25, 0.3) is 17.7 Å². The first kappa shape index (κ1) is 42.2. The molecule has 13 nitrogen and oxygen atoms in total. The number of fused-ring (bicyclic) bond motifs is 2. The third kappa shape index (κ3) is 7.03. The molecule has 3 aromatic rings. The van der Waals surface area contributed by atoms with Crippen molar-refractivity contribution in [1.82, 2.24) is 25.0 Å². The number of likely N-dealkylation sites (tertiary alicyclic amines) is 1. The highest BCUT2D eigenvalue weighted by molar-refractivity contribution is 6.31. The first-order chi connectivity index (χ1) is 30.5. The van der Waals surface area contributed by atoms with Gasteiger partial charge in [0.2, 0.25) is 11.8 Å². The van der Waals surface area contributed by atoms with Crippen LogP contribution in [0.3, 0.4) is 0 Å². The second kappa shape index (κ2) is 15.5. The predicted octanol–water partition coefficient (Wildman–Crippen LogP) is 6.22. The highest BCUT2D eigenvalue weighted by Gasteiger charge is 2.67. The maximum absolute atomic E-state index is 13.8. The third-order valence-corrected chi connectivity index (χ3v) is 15.6. The molecule has 0 radical (unpaired) electrons. The quantitative estimate of drug-likeness (QED) is 0.214. The molecule has 5 fully saturated rings. The van der Waals surface area contributed by atoms with Gasteiger partial charge in [0.1, 0.15) is 29.7 Å². The Morgan fingerprint density at radius 2 is 1.59 bits per heavy atom. The molecular formula is C50H52ClN7O6. The van der Waals surface area contributed by atoms with Gasteiger partial charge in [-0.3, -0.25) is 34.2 Å². The monoisotopic (exact) mass is 881 g/mol. The van der Waals surface area contributed by atoms with Crippen LogP contribution in [0.5, 0.6) is 5.75 Å². The van der Waals surface area contributed by atoms with Crippen molar-refractivity contribution in [3.63, 3.8) is 0 Å². The number of carbonyl (C=O) groups excluding carboxylic acids is 5. The number of pyridine rings is 1. The molecule has 14 heteroatoms. The summed E-state index contributed by atoms with van der Waals surface area (Å²) in [6.45, 7) is 13.9. The molecule has 2 aromatic carbocycles. The Bertz CT molecular complexity index is 2610. The number of nitrogens with one attached hydrogen (secondary N) is 1. The summed E-state index contributed by atoms with van der Waals surface area (Å²) in [5.74, 6) is 6.49. The van der Waals surface area contributed by atoms with Gasteiger partial charge >= 0.3 is 0 Å². The number of aromatic nitrogens is 1. The molecule has 2 saturated carbocycles. The van der Waals surface area contributed by atoms with E-state index in [-0.39, 0.29) is 53.0 Å². The average molecular weight is 882 g/mol. The van der Waals surface area contributed by atoms with Gasteiger partial charge in [0.15, 0.2) is 0 Å². The summed E-state index contributed by atoms with van der Waals surface area (Å²) < 4.78 is 6.48. The third-order valence-electron chi connectivity index (χ3n) is 15.3. The average Bonchev–Trinajstić information content (AvgIpc) is 3.90. The van der Waals surface area contributed by atoms with Crippen LogP contribution >= 0.6 is 11.6 Å². The molecule has 330 valence electrons. The molecule has 7 aliphatic rings.